The summed E-state index contributed by atoms with van der Waals surface area (Å²) in [6.45, 7) is 4.66. The Labute approximate surface area is 130 Å². The summed E-state index contributed by atoms with van der Waals surface area (Å²) in [6.07, 6.45) is 0.00811. The van der Waals surface area contributed by atoms with Gasteiger partial charge in [-0.3, -0.25) is 0 Å². The normalized spacial score (nSPS) is 32.1. The summed E-state index contributed by atoms with van der Waals surface area (Å²) in [5.41, 5.74) is 2.17. The Morgan fingerprint density at radius 3 is 2.85 bits per heavy atom. The molecule has 2 fully saturated rings. The Hall–Kier alpha value is -1.10. The maximum atomic E-state index is 9.50. The number of anilines is 1. The van der Waals surface area contributed by atoms with E-state index in [1.807, 2.05) is 32.0 Å². The van der Waals surface area contributed by atoms with Crippen LogP contribution in [0.15, 0.2) is 24.3 Å². The van der Waals surface area contributed by atoms with Crippen molar-refractivity contribution in [2.75, 3.05) is 11.4 Å². The van der Waals surface area contributed by atoms with Crippen LogP contribution in [0, 0.1) is 17.2 Å². The van der Waals surface area contributed by atoms with Gasteiger partial charge in [-0.1, -0.05) is 17.8 Å². The van der Waals surface area contributed by atoms with Crippen molar-refractivity contribution in [1.29, 1.82) is 5.26 Å². The fraction of sp³-hybridized carbons (Fsp3) is 0.467. The Kier molecular flexibility index (Phi) is 3.08. The molecule has 0 bridgehead atoms. The van der Waals surface area contributed by atoms with Crippen LogP contribution in [-0.4, -0.2) is 30.6 Å². The molecular formula is C15H15LiN2O2. The van der Waals surface area contributed by atoms with Crippen LogP contribution in [0.2, 0.25) is 0 Å². The van der Waals surface area contributed by atoms with E-state index in [0.29, 0.717) is 0 Å². The Morgan fingerprint density at radius 1 is 1.35 bits per heavy atom. The maximum absolute atomic E-state index is 9.50. The first-order valence-electron chi connectivity index (χ1n) is 6.59. The zero-order valence-electron chi connectivity index (χ0n) is 12.0. The van der Waals surface area contributed by atoms with Gasteiger partial charge in [0.05, 0.1) is 0 Å². The van der Waals surface area contributed by atoms with Crippen LogP contribution in [0.3, 0.4) is 0 Å². The van der Waals surface area contributed by atoms with Gasteiger partial charge in [-0.15, -0.1) is 11.6 Å². The molecule has 5 heteroatoms. The molecule has 3 atom stereocenters. The SMILES string of the molecule is CC1(C)O[C@H]2[C@H](CN3c4ccccc4[C-](C#N)[C@@H]23)O1.[Li+]. The fourth-order valence-corrected chi connectivity index (χ4v) is 3.56. The molecule has 4 nitrogen and oxygen atoms in total. The second-order valence-electron chi connectivity index (χ2n) is 5.78. The molecule has 20 heavy (non-hydrogen) atoms. The summed E-state index contributed by atoms with van der Waals surface area (Å²) >= 11 is 0. The molecule has 0 saturated carbocycles. The van der Waals surface area contributed by atoms with E-state index in [2.05, 4.69) is 17.0 Å². The van der Waals surface area contributed by atoms with Gasteiger partial charge >= 0.3 is 18.9 Å². The average molecular weight is 262 g/mol. The summed E-state index contributed by atoms with van der Waals surface area (Å²) in [5, 5.41) is 9.50. The van der Waals surface area contributed by atoms with Crippen LogP contribution < -0.4 is 23.8 Å². The third kappa shape index (κ3) is 1.72. The molecular weight excluding hydrogens is 247 g/mol. The minimum Gasteiger partial charge on any atom is -0.420 e. The third-order valence-electron chi connectivity index (χ3n) is 4.16. The predicted octanol–water partition coefficient (Wildman–Crippen LogP) is -1.14. The van der Waals surface area contributed by atoms with Gasteiger partial charge in [-0.05, 0) is 19.8 Å². The van der Waals surface area contributed by atoms with E-state index < -0.39 is 5.79 Å². The van der Waals surface area contributed by atoms with Crippen molar-refractivity contribution in [2.24, 2.45) is 0 Å². The van der Waals surface area contributed by atoms with Crippen molar-refractivity contribution < 1.29 is 28.3 Å². The molecule has 3 aliphatic heterocycles. The smallest absolute Gasteiger partial charge is 0.420 e. The van der Waals surface area contributed by atoms with E-state index in [-0.39, 0.29) is 37.1 Å². The van der Waals surface area contributed by atoms with E-state index in [9.17, 15) is 5.26 Å². The van der Waals surface area contributed by atoms with Crippen LogP contribution in [0.4, 0.5) is 5.69 Å². The summed E-state index contributed by atoms with van der Waals surface area (Å²) < 4.78 is 11.9. The van der Waals surface area contributed by atoms with Gasteiger partial charge in [-0.25, -0.2) is 5.26 Å². The molecule has 0 spiro atoms. The van der Waals surface area contributed by atoms with Gasteiger partial charge in [0.25, 0.3) is 0 Å². The molecule has 3 heterocycles. The topological polar surface area (TPSA) is 45.5 Å². The van der Waals surface area contributed by atoms with E-state index >= 15 is 0 Å². The number of fused-ring (bicyclic) bond motifs is 5. The molecule has 1 aromatic rings. The van der Waals surface area contributed by atoms with Crippen molar-refractivity contribution >= 4 is 5.69 Å². The van der Waals surface area contributed by atoms with Gasteiger partial charge in [-0.2, -0.15) is 6.07 Å². The minimum absolute atomic E-state index is 0. The second kappa shape index (κ2) is 4.45. The van der Waals surface area contributed by atoms with Crippen LogP contribution in [0.25, 0.3) is 0 Å². The van der Waals surface area contributed by atoms with Crippen LogP contribution in [0.1, 0.15) is 19.4 Å². The molecule has 1 aromatic carbocycles. The van der Waals surface area contributed by atoms with Gasteiger partial charge in [0.15, 0.2) is 5.79 Å². The van der Waals surface area contributed by atoms with Crippen LogP contribution in [0.5, 0.6) is 0 Å². The zero-order chi connectivity index (χ0) is 13.2. The second-order valence-corrected chi connectivity index (χ2v) is 5.78. The molecule has 0 unspecified atom stereocenters. The summed E-state index contributed by atoms with van der Waals surface area (Å²) in [7, 11) is 0. The Bertz CT molecular complexity index is 583. The van der Waals surface area contributed by atoms with Crippen molar-refractivity contribution in [1.82, 2.24) is 0 Å². The molecule has 0 amide bonds. The number of hydrogen-bond donors (Lipinski definition) is 0. The largest absolute Gasteiger partial charge is 1.00 e. The standard InChI is InChI=1S/C15H15N2O2.Li/c1-15(2)18-12-8-17-11-6-4-3-5-9(11)10(7-16)13(17)14(12)19-15;/h3-6,12-14H,8H2,1-2H3;/q-1;+1/t12-,13-,14-;/m0./s1. The number of para-hydroxylation sites is 1. The number of hydrogen-bond acceptors (Lipinski definition) is 4. The molecule has 0 aromatic heterocycles. The molecule has 3 aliphatic rings. The van der Waals surface area contributed by atoms with E-state index in [1.54, 1.807) is 0 Å². The number of rotatable bonds is 0. The molecule has 0 radical (unpaired) electrons. The first kappa shape index (κ1) is 13.9. The quantitative estimate of drug-likeness (QED) is 0.438. The average Bonchev–Trinajstić information content (AvgIpc) is 2.94. The summed E-state index contributed by atoms with van der Waals surface area (Å²) in [5.74, 6) is 0.265. The van der Waals surface area contributed by atoms with E-state index in [0.717, 1.165) is 23.7 Å². The van der Waals surface area contributed by atoms with Gasteiger partial charge in [0.2, 0.25) is 0 Å². The van der Waals surface area contributed by atoms with Crippen molar-refractivity contribution in [3.63, 3.8) is 0 Å². The predicted molar refractivity (Wildman–Crippen MR) is 69.4 cm³/mol. The molecule has 98 valence electrons. The Morgan fingerprint density at radius 2 is 2.10 bits per heavy atom. The minimum atomic E-state index is -0.545. The van der Waals surface area contributed by atoms with Crippen molar-refractivity contribution in [3.8, 4) is 6.07 Å². The number of ether oxygens (including phenoxy) is 2. The first-order chi connectivity index (χ1) is 9.11. The van der Waals surface area contributed by atoms with Gasteiger partial charge < -0.3 is 14.4 Å². The fourth-order valence-electron chi connectivity index (χ4n) is 3.56. The van der Waals surface area contributed by atoms with Crippen LogP contribution >= 0.6 is 0 Å². The van der Waals surface area contributed by atoms with E-state index in [4.69, 9.17) is 9.47 Å². The maximum Gasteiger partial charge on any atom is 1.00 e. The molecule has 0 N–H and O–H groups in total. The number of benzene rings is 1. The zero-order valence-corrected chi connectivity index (χ0v) is 12.0. The van der Waals surface area contributed by atoms with Gasteiger partial charge in [0.1, 0.15) is 12.2 Å². The number of nitriles is 1. The monoisotopic (exact) mass is 262 g/mol. The number of nitrogens with zero attached hydrogens (tertiary/aromatic N) is 2. The van der Waals surface area contributed by atoms with Crippen LogP contribution in [-0.2, 0) is 9.47 Å². The molecule has 0 aliphatic carbocycles. The molecule has 2 saturated heterocycles. The summed E-state index contributed by atoms with van der Waals surface area (Å²) in [4.78, 5) is 2.25. The summed E-state index contributed by atoms with van der Waals surface area (Å²) in [6, 6.07) is 10.5. The van der Waals surface area contributed by atoms with Crippen molar-refractivity contribution in [2.45, 2.75) is 37.9 Å². The third-order valence-corrected chi connectivity index (χ3v) is 4.16. The van der Waals surface area contributed by atoms with Crippen molar-refractivity contribution in [3.05, 3.63) is 35.7 Å². The molecule has 4 rings (SSSR count). The Balaban J connectivity index is 0.00000121. The first-order valence-corrected chi connectivity index (χ1v) is 6.59. The van der Waals surface area contributed by atoms with E-state index in [1.165, 1.54) is 0 Å². The van der Waals surface area contributed by atoms with Gasteiger partial charge in [0, 0.05) is 18.7 Å².